The molecule has 5 atom stereocenters. The van der Waals surface area contributed by atoms with E-state index in [-0.39, 0.29) is 12.4 Å². The summed E-state index contributed by atoms with van der Waals surface area (Å²) < 4.78 is 28.7. The molecule has 10 nitrogen and oxygen atoms in total. The molecule has 124 valence electrons. The van der Waals surface area contributed by atoms with Gasteiger partial charge in [0.25, 0.3) is 7.82 Å². The number of halogens is 1. The third-order valence-corrected chi connectivity index (χ3v) is 5.41. The Balaban J connectivity index is 1.76. The van der Waals surface area contributed by atoms with E-state index in [4.69, 9.17) is 15.0 Å². The van der Waals surface area contributed by atoms with Crippen LogP contribution in [0.2, 0.25) is 0 Å². The van der Waals surface area contributed by atoms with Gasteiger partial charge in [-0.15, -0.1) is 0 Å². The number of aliphatic hydroxyl groups excluding tert-OH is 1. The van der Waals surface area contributed by atoms with Gasteiger partial charge in [0.2, 0.25) is 0 Å². The van der Waals surface area contributed by atoms with Crippen LogP contribution in [0.15, 0.2) is 17.0 Å². The Morgan fingerprint density at radius 1 is 1.52 bits per heavy atom. The van der Waals surface area contributed by atoms with Crippen molar-refractivity contribution in [2.45, 2.75) is 24.5 Å². The highest BCUT2D eigenvalue weighted by Crippen LogP contribution is 2.50. The number of fused-ring (bicyclic) bond motifs is 2. The number of phosphoric ester groups is 1. The maximum atomic E-state index is 11.4. The van der Waals surface area contributed by atoms with Crippen molar-refractivity contribution < 1.29 is 28.3 Å². The highest BCUT2D eigenvalue weighted by Gasteiger charge is 2.50. The topological polar surface area (TPSA) is 145 Å². The van der Waals surface area contributed by atoms with Crippen LogP contribution in [-0.4, -0.2) is 44.6 Å². The van der Waals surface area contributed by atoms with Crippen LogP contribution in [0, 0.1) is 0 Å². The van der Waals surface area contributed by atoms with Crippen molar-refractivity contribution in [2.75, 3.05) is 12.3 Å². The monoisotopic (exact) mass is 405 g/mol. The van der Waals surface area contributed by atoms with Crippen LogP contribution in [0.5, 0.6) is 0 Å². The summed E-state index contributed by atoms with van der Waals surface area (Å²) in [5.41, 5.74) is 6.26. The summed E-state index contributed by atoms with van der Waals surface area (Å²) in [4.78, 5) is 19.5. The van der Waals surface area contributed by atoms with Crippen molar-refractivity contribution in [1.82, 2.24) is 14.5 Å². The Bertz CT molecular complexity index is 830. The average molecular weight is 406 g/mol. The summed E-state index contributed by atoms with van der Waals surface area (Å²) in [6.07, 6.45) is -2.60. The van der Waals surface area contributed by atoms with Crippen molar-refractivity contribution in [3.8, 4) is 0 Å². The molecule has 23 heavy (non-hydrogen) atoms. The first-order chi connectivity index (χ1) is 10.9. The summed E-state index contributed by atoms with van der Waals surface area (Å²) in [5, 5.41) is 11.0. The SMILES string of the molecule is Nc1ncnc2c1cc(Br)n2[C@@H]1O[C@@H]2COP(=O)([O-])O[C@H]2[C@H]1O. The lowest BCUT2D eigenvalue weighted by Crippen LogP contribution is -2.41. The van der Waals surface area contributed by atoms with Crippen LogP contribution in [0.1, 0.15) is 6.23 Å². The number of nitrogens with two attached hydrogens (primary N) is 1. The van der Waals surface area contributed by atoms with Crippen LogP contribution in [-0.2, 0) is 18.3 Å². The molecule has 2 aliphatic rings. The van der Waals surface area contributed by atoms with E-state index in [1.807, 2.05) is 0 Å². The first kappa shape index (κ1) is 15.5. The predicted molar refractivity (Wildman–Crippen MR) is 78.0 cm³/mol. The van der Waals surface area contributed by atoms with Crippen molar-refractivity contribution in [3.05, 3.63) is 17.0 Å². The average Bonchev–Trinajstić information content (AvgIpc) is 2.97. The number of nitrogens with zero attached hydrogens (tertiary/aromatic N) is 3. The van der Waals surface area contributed by atoms with Crippen LogP contribution >= 0.6 is 23.8 Å². The van der Waals surface area contributed by atoms with E-state index in [1.54, 1.807) is 10.6 Å². The third kappa shape index (κ3) is 2.40. The Kier molecular flexibility index (Phi) is 3.50. The number of nitrogen functional groups attached to an aromatic ring is 1. The molecule has 2 saturated heterocycles. The van der Waals surface area contributed by atoms with Crippen LogP contribution < -0.4 is 10.6 Å². The van der Waals surface area contributed by atoms with E-state index in [9.17, 15) is 14.6 Å². The lowest BCUT2D eigenvalue weighted by Gasteiger charge is -2.34. The second-order valence-electron chi connectivity index (χ2n) is 5.20. The molecule has 0 spiro atoms. The van der Waals surface area contributed by atoms with Gasteiger partial charge in [0.15, 0.2) is 6.23 Å². The Morgan fingerprint density at radius 2 is 2.30 bits per heavy atom. The second-order valence-corrected chi connectivity index (χ2v) is 7.38. The van der Waals surface area contributed by atoms with Gasteiger partial charge in [-0.2, -0.15) is 0 Å². The van der Waals surface area contributed by atoms with Gasteiger partial charge in [-0.1, -0.05) is 0 Å². The van der Waals surface area contributed by atoms with Crippen molar-refractivity contribution in [2.24, 2.45) is 0 Å². The van der Waals surface area contributed by atoms with E-state index in [0.29, 0.717) is 15.6 Å². The normalized spacial score (nSPS) is 37.2. The van der Waals surface area contributed by atoms with Gasteiger partial charge in [-0.05, 0) is 22.0 Å². The highest BCUT2D eigenvalue weighted by molar-refractivity contribution is 9.10. The first-order valence-electron chi connectivity index (χ1n) is 6.62. The molecular weight excluding hydrogens is 395 g/mol. The lowest BCUT2D eigenvalue weighted by atomic mass is 10.1. The van der Waals surface area contributed by atoms with Gasteiger partial charge >= 0.3 is 0 Å². The highest BCUT2D eigenvalue weighted by atomic mass is 79.9. The van der Waals surface area contributed by atoms with Gasteiger partial charge < -0.3 is 29.5 Å². The standard InChI is InChI=1S/C11H12BrN4O6P/c12-6-1-4-9(13)14-3-15-10(4)16(6)11-7(17)8-5(21-11)2-20-23(18,19)22-8/h1,3,5,7-8,11,17H,2H2,(H,18,19)(H2,13,14,15)/p-1/t5-,7-,8-,11-/m1/s1. The molecule has 2 aromatic heterocycles. The van der Waals surface area contributed by atoms with Crippen LogP contribution in [0.3, 0.4) is 0 Å². The van der Waals surface area contributed by atoms with E-state index >= 15 is 0 Å². The summed E-state index contributed by atoms with van der Waals surface area (Å²) in [5.74, 6) is 0.281. The fourth-order valence-corrected chi connectivity index (χ4v) is 4.35. The summed E-state index contributed by atoms with van der Waals surface area (Å²) in [6, 6.07) is 1.69. The molecule has 3 N–H and O–H groups in total. The fourth-order valence-electron chi connectivity index (χ4n) is 2.80. The quantitative estimate of drug-likeness (QED) is 0.621. The number of anilines is 1. The molecule has 2 aromatic rings. The number of hydrogen-bond donors (Lipinski definition) is 2. The van der Waals surface area contributed by atoms with Gasteiger partial charge in [-0.3, -0.25) is 9.13 Å². The van der Waals surface area contributed by atoms with E-state index in [0.717, 1.165) is 0 Å². The zero-order valence-electron chi connectivity index (χ0n) is 11.4. The zero-order chi connectivity index (χ0) is 16.4. The van der Waals surface area contributed by atoms with Gasteiger partial charge in [0.1, 0.15) is 36.1 Å². The summed E-state index contributed by atoms with van der Waals surface area (Å²) in [7, 11) is -4.42. The maximum absolute atomic E-state index is 11.4. The first-order valence-corrected chi connectivity index (χ1v) is 8.87. The number of aliphatic hydroxyl groups is 1. The fraction of sp³-hybridized carbons (Fsp3) is 0.455. The van der Waals surface area contributed by atoms with Crippen LogP contribution in [0.25, 0.3) is 11.0 Å². The molecule has 1 unspecified atom stereocenters. The largest absolute Gasteiger partial charge is 0.756 e. The molecule has 4 rings (SSSR count). The Labute approximate surface area is 137 Å². The molecule has 4 heterocycles. The molecule has 0 aromatic carbocycles. The van der Waals surface area contributed by atoms with E-state index in [2.05, 4.69) is 30.4 Å². The molecular formula is C11H11BrN4O6P-. The van der Waals surface area contributed by atoms with Gasteiger partial charge in [-0.25, -0.2) is 9.97 Å². The van der Waals surface area contributed by atoms with Gasteiger partial charge in [0, 0.05) is 0 Å². The minimum atomic E-state index is -4.42. The smallest absolute Gasteiger partial charge is 0.268 e. The number of rotatable bonds is 1. The minimum Gasteiger partial charge on any atom is -0.756 e. The Morgan fingerprint density at radius 3 is 3.09 bits per heavy atom. The molecule has 0 bridgehead atoms. The van der Waals surface area contributed by atoms with Crippen LogP contribution in [0.4, 0.5) is 5.82 Å². The molecule has 0 saturated carbocycles. The summed E-state index contributed by atoms with van der Waals surface area (Å²) in [6.45, 7) is -0.215. The molecule has 2 aliphatic heterocycles. The molecule has 0 amide bonds. The number of aromatic nitrogens is 3. The summed E-state index contributed by atoms with van der Waals surface area (Å²) >= 11 is 3.36. The number of ether oxygens (including phenoxy) is 1. The molecule has 2 fully saturated rings. The van der Waals surface area contributed by atoms with Crippen molar-refractivity contribution in [3.63, 3.8) is 0 Å². The Hall–Kier alpha value is -1.07. The van der Waals surface area contributed by atoms with Gasteiger partial charge in [0.05, 0.1) is 16.6 Å². The maximum Gasteiger partial charge on any atom is 0.268 e. The minimum absolute atomic E-state index is 0.215. The van der Waals surface area contributed by atoms with E-state index < -0.39 is 32.4 Å². The van der Waals surface area contributed by atoms with Crippen molar-refractivity contribution in [1.29, 1.82) is 0 Å². The third-order valence-electron chi connectivity index (χ3n) is 3.83. The van der Waals surface area contributed by atoms with Crippen molar-refractivity contribution >= 4 is 40.6 Å². The molecule has 0 radical (unpaired) electrons. The molecule has 0 aliphatic carbocycles. The zero-order valence-corrected chi connectivity index (χ0v) is 13.9. The van der Waals surface area contributed by atoms with E-state index in [1.165, 1.54) is 6.33 Å². The number of phosphoric acid groups is 1. The predicted octanol–water partition coefficient (Wildman–Crippen LogP) is -0.0819. The number of hydrogen-bond acceptors (Lipinski definition) is 9. The molecule has 12 heteroatoms. The second kappa shape index (κ2) is 5.21. The lowest BCUT2D eigenvalue weighted by molar-refractivity contribution is -0.245.